The molecule has 1 aromatic carbocycles. The molecule has 2 heterocycles. The minimum atomic E-state index is -3.67. The third-order valence-corrected chi connectivity index (χ3v) is 7.80. The van der Waals surface area contributed by atoms with Crippen LogP contribution in [0.25, 0.3) is 22.0 Å². The molecule has 0 atom stereocenters. The van der Waals surface area contributed by atoms with Crippen LogP contribution in [-0.4, -0.2) is 61.0 Å². The first-order valence-corrected chi connectivity index (χ1v) is 12.0. The van der Waals surface area contributed by atoms with Crippen molar-refractivity contribution in [1.82, 2.24) is 19.3 Å². The van der Waals surface area contributed by atoms with E-state index in [4.69, 9.17) is 15.5 Å². The molecule has 1 aliphatic carbocycles. The van der Waals surface area contributed by atoms with Crippen molar-refractivity contribution in [3.8, 4) is 11.1 Å². The Bertz CT molecular complexity index is 1220. The number of anilines is 2. The lowest BCUT2D eigenvalue weighted by Gasteiger charge is -2.28. The molecule has 1 aliphatic rings. The number of rotatable bonds is 6. The average molecular weight is 457 g/mol. The van der Waals surface area contributed by atoms with Crippen molar-refractivity contribution in [2.75, 3.05) is 32.3 Å². The van der Waals surface area contributed by atoms with Crippen LogP contribution >= 0.6 is 0 Å². The Kier molecular flexibility index (Phi) is 6.27. The fourth-order valence-corrected chi connectivity index (χ4v) is 5.14. The van der Waals surface area contributed by atoms with Crippen LogP contribution in [0.4, 0.5) is 11.8 Å². The molecule has 0 unspecified atom stereocenters. The van der Waals surface area contributed by atoms with Crippen molar-refractivity contribution in [2.24, 2.45) is 0 Å². The Morgan fingerprint density at radius 2 is 1.78 bits per heavy atom. The molecule has 0 amide bonds. The largest absolute Gasteiger partial charge is 0.383 e. The van der Waals surface area contributed by atoms with Gasteiger partial charge < -0.3 is 15.8 Å². The molecule has 4 rings (SSSR count). The molecule has 2 aromatic heterocycles. The lowest BCUT2D eigenvalue weighted by Crippen LogP contribution is -2.29. The minimum Gasteiger partial charge on any atom is -0.383 e. The Labute approximate surface area is 188 Å². The highest BCUT2D eigenvalue weighted by Crippen LogP contribution is 2.34. The van der Waals surface area contributed by atoms with Crippen molar-refractivity contribution in [3.63, 3.8) is 0 Å². The smallest absolute Gasteiger partial charge is 0.243 e. The van der Waals surface area contributed by atoms with Gasteiger partial charge in [-0.2, -0.15) is 0 Å². The predicted molar refractivity (Wildman–Crippen MR) is 125 cm³/mol. The Morgan fingerprint density at radius 3 is 2.47 bits per heavy atom. The quantitative estimate of drug-likeness (QED) is 0.580. The SMILES string of the molecule is COC1CCC(Nc2ncc3c(N)ncc(-c4ccccc4S(=O)(=O)N(C)C)c3n2)CC1. The molecule has 10 heteroatoms. The zero-order valence-corrected chi connectivity index (χ0v) is 19.3. The van der Waals surface area contributed by atoms with E-state index >= 15 is 0 Å². The van der Waals surface area contributed by atoms with E-state index in [2.05, 4.69) is 15.3 Å². The van der Waals surface area contributed by atoms with Gasteiger partial charge in [0, 0.05) is 50.8 Å². The topological polar surface area (TPSA) is 123 Å². The Morgan fingerprint density at radius 1 is 1.06 bits per heavy atom. The number of pyridine rings is 1. The summed E-state index contributed by atoms with van der Waals surface area (Å²) in [6, 6.07) is 7.08. The molecular weight excluding hydrogens is 428 g/mol. The van der Waals surface area contributed by atoms with Crippen molar-refractivity contribution in [2.45, 2.75) is 42.7 Å². The number of nitrogens with one attached hydrogen (secondary N) is 1. The second kappa shape index (κ2) is 8.97. The summed E-state index contributed by atoms with van der Waals surface area (Å²) in [7, 11) is 1.09. The minimum absolute atomic E-state index is 0.184. The van der Waals surface area contributed by atoms with Crippen molar-refractivity contribution < 1.29 is 13.2 Å². The van der Waals surface area contributed by atoms with Crippen LogP contribution in [-0.2, 0) is 14.8 Å². The zero-order chi connectivity index (χ0) is 22.9. The van der Waals surface area contributed by atoms with Gasteiger partial charge in [0.25, 0.3) is 0 Å². The average Bonchev–Trinajstić information content (AvgIpc) is 2.80. The number of hydrogen-bond acceptors (Lipinski definition) is 8. The predicted octanol–water partition coefficient (Wildman–Crippen LogP) is 2.89. The number of benzene rings is 1. The molecule has 9 nitrogen and oxygen atoms in total. The van der Waals surface area contributed by atoms with Gasteiger partial charge in [0.2, 0.25) is 16.0 Å². The van der Waals surface area contributed by atoms with Gasteiger partial charge in [-0.05, 0) is 31.7 Å². The van der Waals surface area contributed by atoms with Gasteiger partial charge in [0.15, 0.2) is 0 Å². The number of aromatic nitrogens is 3. The highest BCUT2D eigenvalue weighted by Gasteiger charge is 2.24. The lowest BCUT2D eigenvalue weighted by atomic mass is 9.93. The van der Waals surface area contributed by atoms with Gasteiger partial charge in [-0.25, -0.2) is 27.7 Å². The first-order chi connectivity index (χ1) is 15.3. The fraction of sp³-hybridized carbons (Fsp3) is 0.409. The molecule has 0 saturated heterocycles. The van der Waals surface area contributed by atoms with Crippen LogP contribution in [0.1, 0.15) is 25.7 Å². The molecule has 32 heavy (non-hydrogen) atoms. The van der Waals surface area contributed by atoms with Crippen LogP contribution in [0.3, 0.4) is 0 Å². The number of nitrogen functional groups attached to an aromatic ring is 1. The molecule has 3 N–H and O–H groups in total. The summed E-state index contributed by atoms with van der Waals surface area (Å²) in [5.74, 6) is 0.780. The standard InChI is InChI=1S/C22H28N6O3S/c1-28(2)32(29,30)19-7-5-4-6-16(19)17-12-24-21(23)18-13-25-22(27-20(17)18)26-14-8-10-15(31-3)11-9-14/h4-7,12-15H,8-11H2,1-3H3,(H2,23,24)(H,25,26,27). The van der Waals surface area contributed by atoms with Gasteiger partial charge in [-0.15, -0.1) is 0 Å². The van der Waals surface area contributed by atoms with E-state index in [1.165, 1.54) is 18.4 Å². The maximum Gasteiger partial charge on any atom is 0.243 e. The number of sulfonamides is 1. The van der Waals surface area contributed by atoms with Crippen LogP contribution < -0.4 is 11.1 Å². The number of nitrogens with zero attached hydrogens (tertiary/aromatic N) is 4. The highest BCUT2D eigenvalue weighted by atomic mass is 32.2. The van der Waals surface area contributed by atoms with Gasteiger partial charge in [-0.1, -0.05) is 18.2 Å². The van der Waals surface area contributed by atoms with E-state index in [1.54, 1.807) is 43.8 Å². The number of ether oxygens (including phenoxy) is 1. The van der Waals surface area contributed by atoms with Gasteiger partial charge in [-0.3, -0.25) is 0 Å². The summed E-state index contributed by atoms with van der Waals surface area (Å²) in [6.07, 6.45) is 7.42. The lowest BCUT2D eigenvalue weighted by molar-refractivity contribution is 0.0681. The molecule has 3 aromatic rings. The third kappa shape index (κ3) is 4.25. The van der Waals surface area contributed by atoms with Crippen LogP contribution in [0.15, 0.2) is 41.6 Å². The van der Waals surface area contributed by atoms with Crippen LogP contribution in [0.5, 0.6) is 0 Å². The molecule has 170 valence electrons. The van der Waals surface area contributed by atoms with E-state index in [0.29, 0.717) is 39.9 Å². The summed E-state index contributed by atoms with van der Waals surface area (Å²) in [5, 5.41) is 3.99. The third-order valence-electron chi connectivity index (χ3n) is 5.93. The highest BCUT2D eigenvalue weighted by molar-refractivity contribution is 7.89. The van der Waals surface area contributed by atoms with Gasteiger partial charge >= 0.3 is 0 Å². The summed E-state index contributed by atoms with van der Waals surface area (Å²) in [4.78, 5) is 13.6. The summed E-state index contributed by atoms with van der Waals surface area (Å²) < 4.78 is 32.5. The summed E-state index contributed by atoms with van der Waals surface area (Å²) in [5.41, 5.74) is 7.75. The maximum absolute atomic E-state index is 12.9. The number of hydrogen-bond donors (Lipinski definition) is 2. The number of nitrogens with two attached hydrogens (primary N) is 1. The molecule has 1 saturated carbocycles. The molecule has 0 aliphatic heterocycles. The van der Waals surface area contributed by atoms with E-state index in [9.17, 15) is 8.42 Å². The number of fused-ring (bicyclic) bond motifs is 1. The van der Waals surface area contributed by atoms with Crippen molar-refractivity contribution >= 4 is 32.7 Å². The second-order valence-corrected chi connectivity index (χ2v) is 10.3. The Hall–Kier alpha value is -2.82. The molecule has 0 spiro atoms. The zero-order valence-electron chi connectivity index (χ0n) is 18.4. The molecule has 0 bridgehead atoms. The van der Waals surface area contributed by atoms with Gasteiger partial charge in [0.1, 0.15) is 5.82 Å². The first-order valence-electron chi connectivity index (χ1n) is 10.5. The molecule has 1 fully saturated rings. The van der Waals surface area contributed by atoms with E-state index < -0.39 is 10.0 Å². The van der Waals surface area contributed by atoms with Crippen LogP contribution in [0.2, 0.25) is 0 Å². The van der Waals surface area contributed by atoms with E-state index in [1.807, 2.05) is 0 Å². The van der Waals surface area contributed by atoms with Crippen molar-refractivity contribution in [1.29, 1.82) is 0 Å². The maximum atomic E-state index is 12.9. The van der Waals surface area contributed by atoms with Crippen LogP contribution in [0, 0.1) is 0 Å². The normalized spacial score (nSPS) is 19.4. The molecular formula is C22H28N6O3S. The summed E-state index contributed by atoms with van der Waals surface area (Å²) >= 11 is 0. The monoisotopic (exact) mass is 456 g/mol. The van der Waals surface area contributed by atoms with E-state index in [-0.39, 0.29) is 10.9 Å². The summed E-state index contributed by atoms with van der Waals surface area (Å²) in [6.45, 7) is 0. The second-order valence-electron chi connectivity index (χ2n) is 8.15. The molecule has 0 radical (unpaired) electrons. The fourth-order valence-electron chi connectivity index (χ4n) is 4.04. The first kappa shape index (κ1) is 22.4. The van der Waals surface area contributed by atoms with E-state index in [0.717, 1.165) is 25.7 Å². The van der Waals surface area contributed by atoms with Crippen molar-refractivity contribution in [3.05, 3.63) is 36.7 Å². The number of methoxy groups -OCH3 is 1. The Balaban J connectivity index is 1.77. The van der Waals surface area contributed by atoms with Gasteiger partial charge in [0.05, 0.1) is 21.9 Å².